The summed E-state index contributed by atoms with van der Waals surface area (Å²) in [6, 6.07) is 8.66. The number of aromatic nitrogens is 4. The average molecular weight is 342 g/mol. The number of piperidine rings is 1. The van der Waals surface area contributed by atoms with Crippen LogP contribution in [0.2, 0.25) is 0 Å². The van der Waals surface area contributed by atoms with Crippen LogP contribution < -0.4 is 5.32 Å². The van der Waals surface area contributed by atoms with Crippen molar-refractivity contribution in [3.05, 3.63) is 29.8 Å². The molecule has 0 aliphatic carbocycles. The summed E-state index contributed by atoms with van der Waals surface area (Å²) in [6.45, 7) is 7.37. The van der Waals surface area contributed by atoms with Crippen LogP contribution in [0, 0.1) is 12.8 Å². The fourth-order valence-electron chi connectivity index (χ4n) is 3.67. The SMILES string of the molecule is Cc1ccc(-n2nnnc2NC2CCN(CC3CCOC3)CC2)cc1. The molecule has 2 aliphatic rings. The Morgan fingerprint density at radius 2 is 1.96 bits per heavy atom. The summed E-state index contributed by atoms with van der Waals surface area (Å²) in [7, 11) is 0. The highest BCUT2D eigenvalue weighted by Gasteiger charge is 2.24. The second-order valence-electron chi connectivity index (χ2n) is 7.20. The Labute approximate surface area is 148 Å². The van der Waals surface area contributed by atoms with Gasteiger partial charge in [0.1, 0.15) is 0 Å². The molecule has 25 heavy (non-hydrogen) atoms. The first kappa shape index (κ1) is 16.5. The molecule has 4 rings (SSSR count). The monoisotopic (exact) mass is 342 g/mol. The number of hydrogen-bond donors (Lipinski definition) is 1. The molecule has 0 bridgehead atoms. The van der Waals surface area contributed by atoms with E-state index in [0.29, 0.717) is 6.04 Å². The lowest BCUT2D eigenvalue weighted by Gasteiger charge is -2.33. The molecule has 3 heterocycles. The van der Waals surface area contributed by atoms with Crippen LogP contribution in [0.4, 0.5) is 5.95 Å². The highest BCUT2D eigenvalue weighted by Crippen LogP contribution is 2.20. The van der Waals surface area contributed by atoms with Gasteiger partial charge in [-0.2, -0.15) is 4.68 Å². The van der Waals surface area contributed by atoms with Crippen molar-refractivity contribution in [3.8, 4) is 5.69 Å². The van der Waals surface area contributed by atoms with E-state index in [2.05, 4.69) is 44.8 Å². The van der Waals surface area contributed by atoms with Crippen molar-refractivity contribution in [1.29, 1.82) is 0 Å². The normalized spacial score (nSPS) is 22.4. The average Bonchev–Trinajstić information content (AvgIpc) is 3.29. The molecular weight excluding hydrogens is 316 g/mol. The molecule has 0 amide bonds. The van der Waals surface area contributed by atoms with Crippen LogP contribution in [0.15, 0.2) is 24.3 Å². The zero-order chi connectivity index (χ0) is 17.1. The zero-order valence-corrected chi connectivity index (χ0v) is 14.8. The number of benzene rings is 1. The number of aryl methyl sites for hydroxylation is 1. The van der Waals surface area contributed by atoms with E-state index in [4.69, 9.17) is 4.74 Å². The van der Waals surface area contributed by atoms with Gasteiger partial charge in [-0.15, -0.1) is 0 Å². The highest BCUT2D eigenvalue weighted by atomic mass is 16.5. The van der Waals surface area contributed by atoms with Crippen molar-refractivity contribution in [3.63, 3.8) is 0 Å². The summed E-state index contributed by atoms with van der Waals surface area (Å²) in [5.41, 5.74) is 2.21. The molecule has 7 nitrogen and oxygen atoms in total. The highest BCUT2D eigenvalue weighted by molar-refractivity contribution is 5.40. The Balaban J connectivity index is 1.33. The Kier molecular flexibility index (Phi) is 4.94. The number of anilines is 1. The van der Waals surface area contributed by atoms with Crippen LogP contribution in [-0.4, -0.2) is 64.0 Å². The van der Waals surface area contributed by atoms with Gasteiger partial charge in [0.2, 0.25) is 5.95 Å². The van der Waals surface area contributed by atoms with E-state index in [1.54, 1.807) is 4.68 Å². The lowest BCUT2D eigenvalue weighted by Crippen LogP contribution is -2.41. The largest absolute Gasteiger partial charge is 0.381 e. The van der Waals surface area contributed by atoms with Crippen LogP contribution in [0.3, 0.4) is 0 Å². The minimum atomic E-state index is 0.422. The van der Waals surface area contributed by atoms with Crippen molar-refractivity contribution in [2.24, 2.45) is 5.92 Å². The smallest absolute Gasteiger partial charge is 0.247 e. The van der Waals surface area contributed by atoms with Crippen LogP contribution in [0.1, 0.15) is 24.8 Å². The summed E-state index contributed by atoms with van der Waals surface area (Å²) in [5, 5.41) is 15.7. The first-order chi connectivity index (χ1) is 12.3. The summed E-state index contributed by atoms with van der Waals surface area (Å²) >= 11 is 0. The molecule has 2 fully saturated rings. The van der Waals surface area contributed by atoms with E-state index in [-0.39, 0.29) is 0 Å². The molecule has 7 heteroatoms. The van der Waals surface area contributed by atoms with Gasteiger partial charge in [0, 0.05) is 32.3 Å². The summed E-state index contributed by atoms with van der Waals surface area (Å²) in [4.78, 5) is 2.57. The Hall–Kier alpha value is -1.99. The van der Waals surface area contributed by atoms with Crippen molar-refractivity contribution < 1.29 is 4.74 Å². The molecule has 0 radical (unpaired) electrons. The molecule has 1 N–H and O–H groups in total. The molecule has 1 unspecified atom stereocenters. The van der Waals surface area contributed by atoms with Crippen molar-refractivity contribution >= 4 is 5.95 Å². The lowest BCUT2D eigenvalue weighted by atomic mass is 10.0. The summed E-state index contributed by atoms with van der Waals surface area (Å²) < 4.78 is 7.27. The fraction of sp³-hybridized carbons (Fsp3) is 0.611. The van der Waals surface area contributed by atoms with Crippen LogP contribution in [-0.2, 0) is 4.74 Å². The van der Waals surface area contributed by atoms with Gasteiger partial charge in [-0.3, -0.25) is 0 Å². The number of likely N-dealkylation sites (tertiary alicyclic amines) is 1. The minimum absolute atomic E-state index is 0.422. The molecule has 0 saturated carbocycles. The van der Waals surface area contributed by atoms with Gasteiger partial charge >= 0.3 is 0 Å². The molecule has 2 aromatic rings. The summed E-state index contributed by atoms with van der Waals surface area (Å²) in [6.07, 6.45) is 3.45. The van der Waals surface area contributed by atoms with E-state index < -0.39 is 0 Å². The number of rotatable bonds is 5. The van der Waals surface area contributed by atoms with E-state index >= 15 is 0 Å². The molecular formula is C18H26N6O. The van der Waals surface area contributed by atoms with Crippen molar-refractivity contribution in [2.45, 2.75) is 32.2 Å². The van der Waals surface area contributed by atoms with Crippen LogP contribution in [0.25, 0.3) is 5.69 Å². The fourth-order valence-corrected chi connectivity index (χ4v) is 3.67. The van der Waals surface area contributed by atoms with Crippen LogP contribution in [0.5, 0.6) is 0 Å². The topological polar surface area (TPSA) is 68.1 Å². The third-order valence-electron chi connectivity index (χ3n) is 5.21. The quantitative estimate of drug-likeness (QED) is 0.895. The van der Waals surface area contributed by atoms with E-state index in [1.807, 2.05) is 12.1 Å². The van der Waals surface area contributed by atoms with Crippen LogP contribution >= 0.6 is 0 Å². The number of hydrogen-bond acceptors (Lipinski definition) is 6. The molecule has 2 saturated heterocycles. The zero-order valence-electron chi connectivity index (χ0n) is 14.8. The van der Waals surface area contributed by atoms with Gasteiger partial charge in [0.25, 0.3) is 0 Å². The number of tetrazole rings is 1. The van der Waals surface area contributed by atoms with Gasteiger partial charge in [0.15, 0.2) is 0 Å². The minimum Gasteiger partial charge on any atom is -0.381 e. The Morgan fingerprint density at radius 3 is 2.68 bits per heavy atom. The second kappa shape index (κ2) is 7.49. The predicted octanol–water partition coefficient (Wildman–Crippen LogP) is 1.88. The summed E-state index contributed by atoms with van der Waals surface area (Å²) in [5.74, 6) is 1.45. The lowest BCUT2D eigenvalue weighted by molar-refractivity contribution is 0.154. The standard InChI is InChI=1S/C18H26N6O/c1-14-2-4-17(5-3-14)24-18(20-21-22-24)19-16-6-9-23(10-7-16)12-15-8-11-25-13-15/h2-5,15-16H,6-13H2,1H3,(H,19,20,22). The first-order valence-electron chi connectivity index (χ1n) is 9.20. The molecule has 1 aromatic carbocycles. The second-order valence-corrected chi connectivity index (χ2v) is 7.20. The first-order valence-corrected chi connectivity index (χ1v) is 9.20. The van der Waals surface area contributed by atoms with E-state index in [1.165, 1.54) is 18.5 Å². The van der Waals surface area contributed by atoms with Gasteiger partial charge in [-0.1, -0.05) is 22.8 Å². The Bertz CT molecular complexity index is 671. The molecule has 2 aliphatic heterocycles. The molecule has 0 spiro atoms. The number of nitrogens with zero attached hydrogens (tertiary/aromatic N) is 5. The number of nitrogens with one attached hydrogen (secondary N) is 1. The maximum Gasteiger partial charge on any atom is 0.247 e. The number of ether oxygens (including phenoxy) is 1. The van der Waals surface area contributed by atoms with E-state index in [9.17, 15) is 0 Å². The molecule has 1 aromatic heterocycles. The van der Waals surface area contributed by atoms with Gasteiger partial charge in [0.05, 0.1) is 12.3 Å². The third kappa shape index (κ3) is 3.99. The van der Waals surface area contributed by atoms with Crippen molar-refractivity contribution in [2.75, 3.05) is 38.2 Å². The predicted molar refractivity (Wildman–Crippen MR) is 95.9 cm³/mol. The third-order valence-corrected chi connectivity index (χ3v) is 5.21. The van der Waals surface area contributed by atoms with E-state index in [0.717, 1.165) is 56.7 Å². The molecule has 1 atom stereocenters. The maximum atomic E-state index is 5.49. The van der Waals surface area contributed by atoms with Gasteiger partial charge < -0.3 is 15.0 Å². The van der Waals surface area contributed by atoms with Gasteiger partial charge in [-0.25, -0.2) is 0 Å². The Morgan fingerprint density at radius 1 is 1.16 bits per heavy atom. The van der Waals surface area contributed by atoms with Crippen molar-refractivity contribution in [1.82, 2.24) is 25.1 Å². The maximum absolute atomic E-state index is 5.49. The van der Waals surface area contributed by atoms with Gasteiger partial charge in [-0.05, 0) is 54.7 Å². The molecule has 134 valence electrons.